The van der Waals surface area contributed by atoms with Gasteiger partial charge in [-0.2, -0.15) is 0 Å². The van der Waals surface area contributed by atoms with Gasteiger partial charge in [0.1, 0.15) is 4.88 Å². The average Bonchev–Trinajstić information content (AvgIpc) is 2.88. The molecule has 1 amide bonds. The molecule has 0 spiro atoms. The van der Waals surface area contributed by atoms with E-state index in [0.29, 0.717) is 27.0 Å². The van der Waals surface area contributed by atoms with Crippen LogP contribution in [0.2, 0.25) is 0 Å². The van der Waals surface area contributed by atoms with Gasteiger partial charge in [0, 0.05) is 0 Å². The Balaban J connectivity index is 2.27. The van der Waals surface area contributed by atoms with Gasteiger partial charge in [0.05, 0.1) is 31.2 Å². The number of nitrogens with zero attached hydrogens (tertiary/aromatic N) is 1. The SMILES string of the molecule is COC(=O)c1ccccc1NC(=O)c1sc(OC)nc1C. The molecule has 21 heavy (non-hydrogen) atoms. The Morgan fingerprint density at radius 1 is 1.24 bits per heavy atom. The molecule has 2 aromatic rings. The third-order valence-electron chi connectivity index (χ3n) is 2.74. The number of carbonyl (C=O) groups excluding carboxylic acids is 2. The average molecular weight is 306 g/mol. The van der Waals surface area contributed by atoms with Crippen molar-refractivity contribution in [3.63, 3.8) is 0 Å². The van der Waals surface area contributed by atoms with E-state index < -0.39 is 5.97 Å². The lowest BCUT2D eigenvalue weighted by Crippen LogP contribution is -2.15. The number of hydrogen-bond donors (Lipinski definition) is 1. The molecule has 0 aliphatic heterocycles. The number of hydrogen-bond acceptors (Lipinski definition) is 6. The molecule has 0 aliphatic rings. The van der Waals surface area contributed by atoms with E-state index in [0.717, 1.165) is 11.3 Å². The van der Waals surface area contributed by atoms with Crippen LogP contribution in [-0.4, -0.2) is 31.1 Å². The van der Waals surface area contributed by atoms with Crippen molar-refractivity contribution in [1.29, 1.82) is 0 Å². The van der Waals surface area contributed by atoms with E-state index >= 15 is 0 Å². The smallest absolute Gasteiger partial charge is 0.339 e. The number of ether oxygens (including phenoxy) is 2. The van der Waals surface area contributed by atoms with Gasteiger partial charge in [0.2, 0.25) is 0 Å². The molecule has 0 fully saturated rings. The summed E-state index contributed by atoms with van der Waals surface area (Å²) in [6, 6.07) is 6.64. The molecule has 0 saturated heterocycles. The quantitative estimate of drug-likeness (QED) is 0.878. The maximum Gasteiger partial charge on any atom is 0.339 e. The molecule has 2 rings (SSSR count). The first-order valence-corrected chi connectivity index (χ1v) is 6.88. The van der Waals surface area contributed by atoms with Crippen LogP contribution in [0.3, 0.4) is 0 Å². The minimum Gasteiger partial charge on any atom is -0.473 e. The lowest BCUT2D eigenvalue weighted by Gasteiger charge is -2.08. The topological polar surface area (TPSA) is 77.5 Å². The summed E-state index contributed by atoms with van der Waals surface area (Å²) in [6.45, 7) is 1.72. The van der Waals surface area contributed by atoms with Gasteiger partial charge in [0.25, 0.3) is 11.1 Å². The molecule has 0 unspecified atom stereocenters. The number of nitrogens with one attached hydrogen (secondary N) is 1. The molecule has 1 N–H and O–H groups in total. The number of aromatic nitrogens is 1. The molecule has 1 aromatic carbocycles. The van der Waals surface area contributed by atoms with Crippen molar-refractivity contribution in [1.82, 2.24) is 4.98 Å². The molecule has 0 radical (unpaired) electrons. The summed E-state index contributed by atoms with van der Waals surface area (Å²) in [5, 5.41) is 3.11. The summed E-state index contributed by atoms with van der Waals surface area (Å²) in [4.78, 5) is 28.5. The number of para-hydroxylation sites is 1. The van der Waals surface area contributed by atoms with Crippen LogP contribution in [-0.2, 0) is 4.74 Å². The van der Waals surface area contributed by atoms with Gasteiger partial charge in [-0.3, -0.25) is 4.79 Å². The van der Waals surface area contributed by atoms with Crippen LogP contribution in [0.5, 0.6) is 5.19 Å². The number of thiazole rings is 1. The Bertz CT molecular complexity index is 681. The van der Waals surface area contributed by atoms with Crippen molar-refractivity contribution in [2.75, 3.05) is 19.5 Å². The van der Waals surface area contributed by atoms with Crippen LogP contribution < -0.4 is 10.1 Å². The van der Waals surface area contributed by atoms with Crippen LogP contribution in [0.1, 0.15) is 25.7 Å². The second-order valence-electron chi connectivity index (χ2n) is 4.09. The standard InChI is InChI=1S/C14H14N2O4S/c1-8-11(21-14(15-8)20-3)12(17)16-10-7-5-4-6-9(10)13(18)19-2/h4-7H,1-3H3,(H,16,17). The minimum atomic E-state index is -0.510. The fourth-order valence-electron chi connectivity index (χ4n) is 1.73. The Kier molecular flexibility index (Phi) is 4.54. The van der Waals surface area contributed by atoms with Crippen molar-refractivity contribution in [3.8, 4) is 5.19 Å². The van der Waals surface area contributed by atoms with E-state index in [2.05, 4.69) is 15.0 Å². The van der Waals surface area contributed by atoms with Crippen molar-refractivity contribution >= 4 is 28.9 Å². The van der Waals surface area contributed by atoms with Gasteiger partial charge in [-0.1, -0.05) is 23.5 Å². The molecular weight excluding hydrogens is 292 g/mol. The summed E-state index contributed by atoms with van der Waals surface area (Å²) in [7, 11) is 2.78. The Morgan fingerprint density at radius 2 is 1.95 bits per heavy atom. The fourth-order valence-corrected chi connectivity index (χ4v) is 2.51. The summed E-state index contributed by atoms with van der Waals surface area (Å²) in [5.41, 5.74) is 1.26. The number of methoxy groups -OCH3 is 2. The van der Waals surface area contributed by atoms with Crippen LogP contribution >= 0.6 is 11.3 Å². The third-order valence-corrected chi connectivity index (χ3v) is 3.86. The number of rotatable bonds is 4. The Labute approximate surface area is 125 Å². The number of anilines is 1. The van der Waals surface area contributed by atoms with E-state index in [-0.39, 0.29) is 5.91 Å². The van der Waals surface area contributed by atoms with Crippen molar-refractivity contribution in [3.05, 3.63) is 40.4 Å². The lowest BCUT2D eigenvalue weighted by atomic mass is 10.1. The third kappa shape index (κ3) is 3.19. The predicted octanol–water partition coefficient (Wildman–Crippen LogP) is 2.50. The number of amides is 1. The summed E-state index contributed by atoms with van der Waals surface area (Å²) < 4.78 is 9.70. The van der Waals surface area contributed by atoms with E-state index in [1.807, 2.05) is 0 Å². The van der Waals surface area contributed by atoms with E-state index in [1.165, 1.54) is 14.2 Å². The molecular formula is C14H14N2O4S. The van der Waals surface area contributed by atoms with Gasteiger partial charge < -0.3 is 14.8 Å². The van der Waals surface area contributed by atoms with Crippen LogP contribution in [0, 0.1) is 6.92 Å². The molecule has 1 aromatic heterocycles. The highest BCUT2D eigenvalue weighted by Gasteiger charge is 2.18. The second-order valence-corrected chi connectivity index (χ2v) is 5.05. The first kappa shape index (κ1) is 15.0. The predicted molar refractivity (Wildman–Crippen MR) is 79.1 cm³/mol. The fraction of sp³-hybridized carbons (Fsp3) is 0.214. The number of carbonyl (C=O) groups is 2. The maximum atomic E-state index is 12.3. The zero-order valence-corrected chi connectivity index (χ0v) is 12.6. The normalized spacial score (nSPS) is 10.0. The van der Waals surface area contributed by atoms with E-state index in [1.54, 1.807) is 31.2 Å². The van der Waals surface area contributed by atoms with Crippen molar-refractivity contribution in [2.45, 2.75) is 6.92 Å². The van der Waals surface area contributed by atoms with Gasteiger partial charge in [-0.25, -0.2) is 9.78 Å². The summed E-state index contributed by atoms with van der Waals surface area (Å²) in [6.07, 6.45) is 0. The van der Waals surface area contributed by atoms with Crippen LogP contribution in [0.25, 0.3) is 0 Å². The largest absolute Gasteiger partial charge is 0.473 e. The highest BCUT2D eigenvalue weighted by molar-refractivity contribution is 7.15. The highest BCUT2D eigenvalue weighted by Crippen LogP contribution is 2.26. The molecule has 6 nitrogen and oxygen atoms in total. The highest BCUT2D eigenvalue weighted by atomic mass is 32.1. The minimum absolute atomic E-state index is 0.294. The molecule has 1 heterocycles. The number of benzene rings is 1. The molecule has 0 bridgehead atoms. The Morgan fingerprint density at radius 3 is 2.57 bits per heavy atom. The molecule has 0 atom stereocenters. The van der Waals surface area contributed by atoms with Crippen molar-refractivity contribution < 1.29 is 19.1 Å². The van der Waals surface area contributed by atoms with Gasteiger partial charge >= 0.3 is 5.97 Å². The zero-order valence-electron chi connectivity index (χ0n) is 11.8. The maximum absolute atomic E-state index is 12.3. The zero-order chi connectivity index (χ0) is 15.4. The van der Waals surface area contributed by atoms with Crippen LogP contribution in [0.4, 0.5) is 5.69 Å². The number of esters is 1. The molecule has 0 saturated carbocycles. The molecule has 110 valence electrons. The Hall–Kier alpha value is -2.41. The van der Waals surface area contributed by atoms with Gasteiger partial charge in [-0.05, 0) is 19.1 Å². The van der Waals surface area contributed by atoms with E-state index in [9.17, 15) is 9.59 Å². The monoisotopic (exact) mass is 306 g/mol. The van der Waals surface area contributed by atoms with Gasteiger partial charge in [0.15, 0.2) is 0 Å². The second kappa shape index (κ2) is 6.36. The summed E-state index contributed by atoms with van der Waals surface area (Å²) >= 11 is 1.15. The molecule has 0 aliphatic carbocycles. The molecule has 7 heteroatoms. The first-order valence-electron chi connectivity index (χ1n) is 6.07. The lowest BCUT2D eigenvalue weighted by molar-refractivity contribution is 0.0602. The van der Waals surface area contributed by atoms with Crippen molar-refractivity contribution in [2.24, 2.45) is 0 Å². The van der Waals surface area contributed by atoms with Crippen LogP contribution in [0.15, 0.2) is 24.3 Å². The summed E-state index contributed by atoms with van der Waals surface area (Å²) in [5.74, 6) is -0.853. The van der Waals surface area contributed by atoms with E-state index in [4.69, 9.17) is 4.74 Å². The first-order chi connectivity index (χ1) is 10.1. The number of aryl methyl sites for hydroxylation is 1. The van der Waals surface area contributed by atoms with Gasteiger partial charge in [-0.15, -0.1) is 0 Å².